The molecule has 6 nitrogen and oxygen atoms in total. The summed E-state index contributed by atoms with van der Waals surface area (Å²) < 4.78 is 5.29. The number of hydrogen-bond acceptors (Lipinski definition) is 7. The Balaban J connectivity index is 0.00000126. The van der Waals surface area contributed by atoms with Crippen LogP contribution in [0, 0.1) is 0 Å². The van der Waals surface area contributed by atoms with E-state index in [4.69, 9.17) is 32.0 Å². The Kier molecular flexibility index (Phi) is 7.70. The number of aromatic nitrogens is 3. The second kappa shape index (κ2) is 9.57. The number of nitrogens with two attached hydrogens (primary N) is 1. The molecule has 2 N–H and O–H groups in total. The quantitative estimate of drug-likeness (QED) is 0.809. The van der Waals surface area contributed by atoms with E-state index in [-0.39, 0.29) is 4.75 Å². The fourth-order valence-corrected chi connectivity index (χ4v) is 3.10. The molecule has 1 fully saturated rings. The number of nitrogens with zero attached hydrogens (tertiary/aromatic N) is 4. The van der Waals surface area contributed by atoms with Crippen LogP contribution in [0.1, 0.15) is 33.4 Å². The Hall–Kier alpha value is -1.57. The number of morpholine rings is 1. The maximum absolute atomic E-state index is 6.38. The molecule has 0 saturated carbocycles. The lowest BCUT2D eigenvalue weighted by Gasteiger charge is -2.29. The first-order valence-corrected chi connectivity index (χ1v) is 10.7. The third-order valence-electron chi connectivity index (χ3n) is 4.29. The maximum Gasteiger partial charge on any atom is 0.226 e. The van der Waals surface area contributed by atoms with E-state index in [2.05, 4.69) is 30.0 Å². The largest absolute Gasteiger partial charge is 0.384 e. The molecule has 3 heterocycles. The predicted molar refractivity (Wildman–Crippen MR) is 116 cm³/mol. The number of halogens is 1. The van der Waals surface area contributed by atoms with Gasteiger partial charge < -0.3 is 15.4 Å². The molecular formula is C19H28ClN5OS. The lowest BCUT2D eigenvalue weighted by atomic mass is 10.1. The zero-order valence-electron chi connectivity index (χ0n) is 16.6. The summed E-state index contributed by atoms with van der Waals surface area (Å²) in [5, 5.41) is 0.534. The number of hydrogen-bond donors (Lipinski definition) is 1. The molecule has 0 radical (unpaired) electrons. The van der Waals surface area contributed by atoms with Gasteiger partial charge in [0.2, 0.25) is 5.95 Å². The van der Waals surface area contributed by atoms with Gasteiger partial charge in [0.15, 0.2) is 0 Å². The summed E-state index contributed by atoms with van der Waals surface area (Å²) in [5.41, 5.74) is 8.19. The van der Waals surface area contributed by atoms with Gasteiger partial charge in [-0.15, -0.1) is 0 Å². The van der Waals surface area contributed by atoms with E-state index < -0.39 is 0 Å². The van der Waals surface area contributed by atoms with Gasteiger partial charge >= 0.3 is 0 Å². The van der Waals surface area contributed by atoms with E-state index in [1.165, 1.54) is 0 Å². The number of rotatable bonds is 4. The van der Waals surface area contributed by atoms with Gasteiger partial charge in [0.05, 0.1) is 34.4 Å². The maximum atomic E-state index is 6.38. The average Bonchev–Trinajstić information content (AvgIpc) is 2.70. The van der Waals surface area contributed by atoms with Crippen LogP contribution in [0.15, 0.2) is 18.3 Å². The minimum atomic E-state index is -0.146. The van der Waals surface area contributed by atoms with Gasteiger partial charge in [-0.1, -0.05) is 25.4 Å². The molecule has 2 aromatic rings. The lowest BCUT2D eigenvalue weighted by molar-refractivity contribution is 0.122. The van der Waals surface area contributed by atoms with Crippen LogP contribution in [0.3, 0.4) is 0 Å². The van der Waals surface area contributed by atoms with Crippen molar-refractivity contribution in [3.05, 3.63) is 29.0 Å². The SMILES string of the molecule is CC.CSC(C)(C)c1cc(-c2cnc(N)cc2Cl)nc(N2CCOCC2)n1. The van der Waals surface area contributed by atoms with Gasteiger partial charge in [0.25, 0.3) is 0 Å². The summed E-state index contributed by atoms with van der Waals surface area (Å²) in [5.74, 6) is 1.09. The third-order valence-corrected chi connectivity index (χ3v) is 5.83. The molecule has 148 valence electrons. The number of ether oxygens (including phenoxy) is 1. The van der Waals surface area contributed by atoms with Crippen molar-refractivity contribution in [3.63, 3.8) is 0 Å². The van der Waals surface area contributed by atoms with Crippen molar-refractivity contribution in [1.82, 2.24) is 15.0 Å². The average molecular weight is 410 g/mol. The summed E-state index contributed by atoms with van der Waals surface area (Å²) in [6.07, 6.45) is 3.74. The summed E-state index contributed by atoms with van der Waals surface area (Å²) in [6, 6.07) is 3.63. The molecule has 1 saturated heterocycles. The van der Waals surface area contributed by atoms with Gasteiger partial charge in [0.1, 0.15) is 5.82 Å². The minimum Gasteiger partial charge on any atom is -0.384 e. The first-order valence-electron chi connectivity index (χ1n) is 9.09. The monoisotopic (exact) mass is 409 g/mol. The van der Waals surface area contributed by atoms with E-state index in [9.17, 15) is 0 Å². The summed E-state index contributed by atoms with van der Waals surface area (Å²) in [7, 11) is 0. The standard InChI is InChI=1S/C17H22ClN5OS.C2H6/c1-17(2,25-3)14-9-13(11-10-20-15(19)8-12(11)18)21-16(22-14)23-4-6-24-7-5-23;1-2/h8-10H,4-7H2,1-3H3,(H2,19,20);1-2H3. The molecule has 0 aromatic carbocycles. The molecule has 0 atom stereocenters. The molecular weight excluding hydrogens is 382 g/mol. The zero-order valence-corrected chi connectivity index (χ0v) is 18.2. The van der Waals surface area contributed by atoms with Crippen molar-refractivity contribution in [3.8, 4) is 11.3 Å². The van der Waals surface area contributed by atoms with Crippen LogP contribution in [0.5, 0.6) is 0 Å². The second-order valence-electron chi connectivity index (χ2n) is 6.34. The van der Waals surface area contributed by atoms with Crippen molar-refractivity contribution in [2.75, 3.05) is 43.2 Å². The van der Waals surface area contributed by atoms with Crippen molar-refractivity contribution in [2.45, 2.75) is 32.4 Å². The molecule has 0 unspecified atom stereocenters. The Bertz CT molecular complexity index is 766. The molecule has 0 aliphatic carbocycles. The molecule has 1 aliphatic heterocycles. The van der Waals surface area contributed by atoms with E-state index >= 15 is 0 Å². The summed E-state index contributed by atoms with van der Waals surface area (Å²) in [4.78, 5) is 15.9. The highest BCUT2D eigenvalue weighted by atomic mass is 35.5. The van der Waals surface area contributed by atoms with E-state index in [1.54, 1.807) is 24.0 Å². The molecule has 8 heteroatoms. The van der Waals surface area contributed by atoms with Gasteiger partial charge in [-0.05, 0) is 32.2 Å². The summed E-state index contributed by atoms with van der Waals surface area (Å²) >= 11 is 8.13. The number of thioether (sulfide) groups is 1. The molecule has 2 aromatic heterocycles. The topological polar surface area (TPSA) is 77.2 Å². The van der Waals surface area contributed by atoms with Crippen molar-refractivity contribution < 1.29 is 4.74 Å². The Morgan fingerprint density at radius 2 is 1.85 bits per heavy atom. The van der Waals surface area contributed by atoms with Crippen molar-refractivity contribution >= 4 is 35.1 Å². The fourth-order valence-electron chi connectivity index (χ4n) is 2.52. The lowest BCUT2D eigenvalue weighted by Crippen LogP contribution is -2.37. The van der Waals surface area contributed by atoms with Gasteiger partial charge in [0, 0.05) is 24.8 Å². The third kappa shape index (κ3) is 5.24. The smallest absolute Gasteiger partial charge is 0.226 e. The van der Waals surface area contributed by atoms with Crippen LogP contribution >= 0.6 is 23.4 Å². The molecule has 0 bridgehead atoms. The highest BCUT2D eigenvalue weighted by molar-refractivity contribution is 7.99. The summed E-state index contributed by atoms with van der Waals surface area (Å²) in [6.45, 7) is 11.2. The highest BCUT2D eigenvalue weighted by Gasteiger charge is 2.25. The zero-order chi connectivity index (χ0) is 20.0. The van der Waals surface area contributed by atoms with Crippen LogP contribution in [0.4, 0.5) is 11.8 Å². The molecule has 0 amide bonds. The molecule has 27 heavy (non-hydrogen) atoms. The highest BCUT2D eigenvalue weighted by Crippen LogP contribution is 2.36. The van der Waals surface area contributed by atoms with Gasteiger partial charge in [-0.3, -0.25) is 0 Å². The Morgan fingerprint density at radius 3 is 2.44 bits per heavy atom. The van der Waals surface area contributed by atoms with Crippen molar-refractivity contribution in [2.24, 2.45) is 0 Å². The van der Waals surface area contributed by atoms with Crippen LogP contribution < -0.4 is 10.6 Å². The normalized spacial score (nSPS) is 14.5. The Morgan fingerprint density at radius 1 is 1.19 bits per heavy atom. The van der Waals surface area contributed by atoms with Crippen LogP contribution in [0.25, 0.3) is 11.3 Å². The van der Waals surface area contributed by atoms with E-state index in [0.29, 0.717) is 30.0 Å². The molecule has 3 rings (SSSR count). The van der Waals surface area contributed by atoms with Crippen LogP contribution in [0.2, 0.25) is 5.02 Å². The van der Waals surface area contributed by atoms with Crippen LogP contribution in [-0.4, -0.2) is 47.5 Å². The number of nitrogen functional groups attached to an aromatic ring is 1. The first kappa shape index (κ1) is 21.7. The fraction of sp³-hybridized carbons (Fsp3) is 0.526. The Labute approximate surface area is 170 Å². The van der Waals surface area contributed by atoms with Gasteiger partial charge in [-0.25, -0.2) is 15.0 Å². The predicted octanol–water partition coefficient (Wildman–Crippen LogP) is 4.24. The molecule has 1 aliphatic rings. The van der Waals surface area contributed by atoms with Crippen LogP contribution in [-0.2, 0) is 9.48 Å². The van der Waals surface area contributed by atoms with E-state index in [0.717, 1.165) is 30.0 Å². The molecule has 0 spiro atoms. The number of anilines is 2. The number of pyridine rings is 1. The van der Waals surface area contributed by atoms with E-state index in [1.807, 2.05) is 19.9 Å². The first-order chi connectivity index (χ1) is 12.9. The second-order valence-corrected chi connectivity index (χ2v) is 8.18. The minimum absolute atomic E-state index is 0.146. The van der Waals surface area contributed by atoms with Crippen molar-refractivity contribution in [1.29, 1.82) is 0 Å². The van der Waals surface area contributed by atoms with Gasteiger partial charge in [-0.2, -0.15) is 11.8 Å².